The zero-order chi connectivity index (χ0) is 11.5. The van der Waals surface area contributed by atoms with E-state index in [2.05, 4.69) is 10.2 Å². The van der Waals surface area contributed by atoms with Gasteiger partial charge in [0.1, 0.15) is 0 Å². The molecule has 1 aliphatic heterocycles. The Kier molecular flexibility index (Phi) is 5.32. The molecule has 1 aromatic heterocycles. The Bertz CT molecular complexity index is 385. The number of likely N-dealkylation sites (N-methyl/N-ethyl adjacent to an activating group) is 1. The average molecular weight is 278 g/mol. The molecule has 17 heavy (non-hydrogen) atoms. The van der Waals surface area contributed by atoms with Gasteiger partial charge in [0.15, 0.2) is 0 Å². The third-order valence-corrected chi connectivity index (χ3v) is 3.84. The van der Waals surface area contributed by atoms with E-state index in [0.29, 0.717) is 6.04 Å². The summed E-state index contributed by atoms with van der Waals surface area (Å²) in [5.74, 6) is 0. The van der Waals surface area contributed by atoms with Crippen molar-refractivity contribution in [2.45, 2.75) is 19.0 Å². The van der Waals surface area contributed by atoms with Gasteiger partial charge in [-0.15, -0.1) is 12.4 Å². The van der Waals surface area contributed by atoms with Crippen LogP contribution in [0.1, 0.15) is 12.0 Å². The van der Waals surface area contributed by atoms with Gasteiger partial charge in [-0.25, -0.2) is 0 Å². The predicted octanol–water partition coefficient (Wildman–Crippen LogP) is 1.87. The van der Waals surface area contributed by atoms with Gasteiger partial charge in [0.2, 0.25) is 0 Å². The SMILES string of the molecule is CNC1CCN(Cc2csc([N+](=O)[O-])c2)C1.Cl. The molecule has 96 valence electrons. The molecule has 7 heteroatoms. The fourth-order valence-corrected chi connectivity index (χ4v) is 2.73. The molecule has 0 spiro atoms. The highest BCUT2D eigenvalue weighted by atomic mass is 35.5. The minimum absolute atomic E-state index is 0. The molecule has 0 aliphatic carbocycles. The number of nitrogens with one attached hydrogen (secondary N) is 1. The number of likely N-dealkylation sites (tertiary alicyclic amines) is 1. The van der Waals surface area contributed by atoms with Crippen LogP contribution in [0.5, 0.6) is 0 Å². The summed E-state index contributed by atoms with van der Waals surface area (Å²) in [6, 6.07) is 2.24. The van der Waals surface area contributed by atoms with E-state index in [4.69, 9.17) is 0 Å². The van der Waals surface area contributed by atoms with Crippen molar-refractivity contribution in [3.8, 4) is 0 Å². The van der Waals surface area contributed by atoms with Gasteiger partial charge in [0, 0.05) is 37.1 Å². The van der Waals surface area contributed by atoms with Crippen molar-refractivity contribution in [3.63, 3.8) is 0 Å². The number of hydrogen-bond acceptors (Lipinski definition) is 5. The van der Waals surface area contributed by atoms with Gasteiger partial charge in [-0.1, -0.05) is 11.3 Å². The average Bonchev–Trinajstić information content (AvgIpc) is 2.87. The number of thiophene rings is 1. The lowest BCUT2D eigenvalue weighted by Crippen LogP contribution is -2.29. The number of halogens is 1. The standard InChI is InChI=1S/C10H15N3O2S.ClH/c1-11-9-2-3-12(6-9)5-8-4-10(13(14)15)16-7-8;/h4,7,9,11H,2-3,5-6H2,1H3;1H. The molecule has 1 N–H and O–H groups in total. The summed E-state index contributed by atoms with van der Waals surface area (Å²) in [6.45, 7) is 2.91. The van der Waals surface area contributed by atoms with Gasteiger partial charge >= 0.3 is 5.00 Å². The Hall–Kier alpha value is -0.690. The largest absolute Gasteiger partial charge is 0.324 e. The van der Waals surface area contributed by atoms with Crippen molar-refractivity contribution in [1.82, 2.24) is 10.2 Å². The summed E-state index contributed by atoms with van der Waals surface area (Å²) < 4.78 is 0. The van der Waals surface area contributed by atoms with Crippen molar-refractivity contribution in [3.05, 3.63) is 27.1 Å². The highest BCUT2D eigenvalue weighted by Crippen LogP contribution is 2.24. The van der Waals surface area contributed by atoms with Crippen LogP contribution < -0.4 is 5.32 Å². The highest BCUT2D eigenvalue weighted by Gasteiger charge is 2.21. The third-order valence-electron chi connectivity index (χ3n) is 2.91. The van der Waals surface area contributed by atoms with E-state index < -0.39 is 0 Å². The van der Waals surface area contributed by atoms with Crippen LogP contribution in [0, 0.1) is 10.1 Å². The van der Waals surface area contributed by atoms with E-state index in [9.17, 15) is 10.1 Å². The molecule has 1 unspecified atom stereocenters. The third kappa shape index (κ3) is 3.64. The van der Waals surface area contributed by atoms with Crippen molar-refractivity contribution in [2.24, 2.45) is 0 Å². The Morgan fingerprint density at radius 3 is 3.00 bits per heavy atom. The molecule has 0 bridgehead atoms. The van der Waals surface area contributed by atoms with E-state index in [1.165, 1.54) is 11.3 Å². The monoisotopic (exact) mass is 277 g/mol. The molecule has 2 heterocycles. The zero-order valence-electron chi connectivity index (χ0n) is 9.59. The lowest BCUT2D eigenvalue weighted by Gasteiger charge is -2.14. The van der Waals surface area contributed by atoms with Gasteiger partial charge < -0.3 is 5.32 Å². The van der Waals surface area contributed by atoms with Crippen LogP contribution in [0.15, 0.2) is 11.4 Å². The molecular formula is C10H16ClN3O2S. The normalized spacial score (nSPS) is 20.2. The quantitative estimate of drug-likeness (QED) is 0.674. The van der Waals surface area contributed by atoms with Crippen LogP contribution in [-0.4, -0.2) is 36.0 Å². The molecule has 0 saturated carbocycles. The molecule has 1 aliphatic rings. The Labute approximate surface area is 110 Å². The maximum absolute atomic E-state index is 10.5. The summed E-state index contributed by atoms with van der Waals surface area (Å²) in [5, 5.41) is 15.9. The van der Waals surface area contributed by atoms with Crippen LogP contribution in [0.4, 0.5) is 5.00 Å². The first-order valence-corrected chi connectivity index (χ1v) is 6.18. The van der Waals surface area contributed by atoms with E-state index >= 15 is 0 Å². The van der Waals surface area contributed by atoms with Gasteiger partial charge in [-0.3, -0.25) is 15.0 Å². The van der Waals surface area contributed by atoms with Crippen LogP contribution in [-0.2, 0) is 6.54 Å². The Morgan fingerprint density at radius 2 is 2.47 bits per heavy atom. The second-order valence-electron chi connectivity index (χ2n) is 4.06. The van der Waals surface area contributed by atoms with Gasteiger partial charge in [-0.05, 0) is 19.0 Å². The molecule has 0 aromatic carbocycles. The number of rotatable bonds is 4. The van der Waals surface area contributed by atoms with Crippen LogP contribution in [0.25, 0.3) is 0 Å². The maximum Gasteiger partial charge on any atom is 0.324 e. The minimum Gasteiger partial charge on any atom is -0.316 e. The van der Waals surface area contributed by atoms with Crippen LogP contribution >= 0.6 is 23.7 Å². The van der Waals surface area contributed by atoms with Gasteiger partial charge in [0.05, 0.1) is 4.92 Å². The maximum atomic E-state index is 10.5. The fraction of sp³-hybridized carbons (Fsp3) is 0.600. The molecule has 1 atom stereocenters. The lowest BCUT2D eigenvalue weighted by atomic mass is 10.3. The van der Waals surface area contributed by atoms with Crippen molar-refractivity contribution < 1.29 is 4.92 Å². The van der Waals surface area contributed by atoms with Crippen LogP contribution in [0.2, 0.25) is 0 Å². The lowest BCUT2D eigenvalue weighted by molar-refractivity contribution is -0.380. The van der Waals surface area contributed by atoms with Crippen molar-refractivity contribution in [1.29, 1.82) is 0 Å². The predicted molar refractivity (Wildman–Crippen MR) is 71.0 cm³/mol. The molecule has 2 rings (SSSR count). The summed E-state index contributed by atoms with van der Waals surface area (Å²) in [7, 11) is 1.98. The number of nitro groups is 1. The highest BCUT2D eigenvalue weighted by molar-refractivity contribution is 7.13. The molecule has 0 radical (unpaired) electrons. The minimum atomic E-state index is -0.325. The smallest absolute Gasteiger partial charge is 0.316 e. The fourth-order valence-electron chi connectivity index (χ4n) is 2.01. The van der Waals surface area contributed by atoms with E-state index in [-0.39, 0.29) is 22.3 Å². The second-order valence-corrected chi connectivity index (χ2v) is 4.95. The van der Waals surface area contributed by atoms with E-state index in [1.807, 2.05) is 12.4 Å². The summed E-state index contributed by atoms with van der Waals surface area (Å²) in [6.07, 6.45) is 1.16. The molecule has 0 amide bonds. The summed E-state index contributed by atoms with van der Waals surface area (Å²) in [4.78, 5) is 12.5. The topological polar surface area (TPSA) is 58.4 Å². The van der Waals surface area contributed by atoms with Crippen molar-refractivity contribution in [2.75, 3.05) is 20.1 Å². The zero-order valence-corrected chi connectivity index (χ0v) is 11.2. The molecule has 5 nitrogen and oxygen atoms in total. The van der Waals surface area contributed by atoms with Crippen LogP contribution in [0.3, 0.4) is 0 Å². The summed E-state index contributed by atoms with van der Waals surface area (Å²) in [5.41, 5.74) is 1.05. The molecular weight excluding hydrogens is 262 g/mol. The van der Waals surface area contributed by atoms with E-state index in [0.717, 1.165) is 31.6 Å². The Balaban J connectivity index is 0.00000144. The first-order valence-electron chi connectivity index (χ1n) is 5.30. The molecule has 1 aromatic rings. The first-order chi connectivity index (χ1) is 7.69. The number of nitrogens with zero attached hydrogens (tertiary/aromatic N) is 2. The number of hydrogen-bond donors (Lipinski definition) is 1. The summed E-state index contributed by atoms with van der Waals surface area (Å²) >= 11 is 1.21. The Morgan fingerprint density at radius 1 is 1.71 bits per heavy atom. The van der Waals surface area contributed by atoms with Gasteiger partial charge in [-0.2, -0.15) is 0 Å². The van der Waals surface area contributed by atoms with E-state index in [1.54, 1.807) is 6.07 Å². The first kappa shape index (κ1) is 14.4. The molecule has 1 saturated heterocycles. The van der Waals surface area contributed by atoms with Crippen molar-refractivity contribution >= 4 is 28.7 Å². The second kappa shape index (κ2) is 6.30. The molecule has 1 fully saturated rings. The van der Waals surface area contributed by atoms with Gasteiger partial charge in [0.25, 0.3) is 0 Å².